The van der Waals surface area contributed by atoms with Crippen LogP contribution in [0.1, 0.15) is 18.3 Å². The summed E-state index contributed by atoms with van der Waals surface area (Å²) in [6, 6.07) is 2.23. The zero-order chi connectivity index (χ0) is 13.0. The number of nitrogens with zero attached hydrogens (tertiary/aromatic N) is 4. The molecule has 18 heavy (non-hydrogen) atoms. The molecule has 4 nitrogen and oxygen atoms in total. The van der Waals surface area contributed by atoms with Crippen LogP contribution in [-0.4, -0.2) is 58.2 Å². The first-order valence-electron chi connectivity index (χ1n) is 6.75. The van der Waals surface area contributed by atoms with Gasteiger partial charge >= 0.3 is 0 Å². The van der Waals surface area contributed by atoms with Crippen LogP contribution in [0.15, 0.2) is 6.07 Å². The third-order valence-electron chi connectivity index (χ3n) is 3.64. The smallest absolute Gasteiger partial charge is 0.0625 e. The van der Waals surface area contributed by atoms with Gasteiger partial charge in [-0.2, -0.15) is 5.10 Å². The Morgan fingerprint density at radius 2 is 1.89 bits per heavy atom. The zero-order valence-electron chi connectivity index (χ0n) is 11.4. The van der Waals surface area contributed by atoms with E-state index in [4.69, 9.17) is 11.6 Å². The van der Waals surface area contributed by atoms with E-state index in [9.17, 15) is 0 Å². The lowest BCUT2D eigenvalue weighted by molar-refractivity contribution is 0.130. The number of hydrogen-bond acceptors (Lipinski definition) is 3. The summed E-state index contributed by atoms with van der Waals surface area (Å²) in [6.45, 7) is 8.69. The van der Waals surface area contributed by atoms with E-state index in [1.807, 2.05) is 11.7 Å². The van der Waals surface area contributed by atoms with Gasteiger partial charge in [0.15, 0.2) is 0 Å². The van der Waals surface area contributed by atoms with Crippen LogP contribution < -0.4 is 0 Å². The first-order chi connectivity index (χ1) is 8.72. The molecular weight excluding hydrogens is 248 g/mol. The van der Waals surface area contributed by atoms with Gasteiger partial charge in [0.25, 0.3) is 0 Å². The van der Waals surface area contributed by atoms with E-state index in [0.717, 1.165) is 51.6 Å². The molecule has 0 aliphatic carbocycles. The van der Waals surface area contributed by atoms with Crippen LogP contribution in [0, 0.1) is 0 Å². The fourth-order valence-electron chi connectivity index (χ4n) is 2.41. The fraction of sp³-hybridized carbons (Fsp3) is 0.769. The highest BCUT2D eigenvalue weighted by Gasteiger charge is 2.17. The monoisotopic (exact) mass is 270 g/mol. The Hall–Kier alpha value is -0.580. The largest absolute Gasteiger partial charge is 0.300 e. The second-order valence-corrected chi connectivity index (χ2v) is 5.29. The van der Waals surface area contributed by atoms with E-state index in [1.54, 1.807) is 0 Å². The quantitative estimate of drug-likeness (QED) is 0.755. The van der Waals surface area contributed by atoms with Crippen LogP contribution >= 0.6 is 11.6 Å². The summed E-state index contributed by atoms with van der Waals surface area (Å²) < 4.78 is 2.02. The van der Waals surface area contributed by atoms with Crippen molar-refractivity contribution in [3.63, 3.8) is 0 Å². The molecule has 0 spiro atoms. The van der Waals surface area contributed by atoms with Crippen molar-refractivity contribution in [2.24, 2.45) is 7.05 Å². The number of piperazine rings is 1. The Balaban J connectivity index is 1.85. The van der Waals surface area contributed by atoms with Gasteiger partial charge in [-0.1, -0.05) is 6.92 Å². The predicted octanol–water partition coefficient (Wildman–Crippen LogP) is 1.34. The van der Waals surface area contributed by atoms with Crippen LogP contribution in [0.5, 0.6) is 0 Å². The molecule has 2 heterocycles. The standard InChI is InChI=1S/C13H23ClN4/c1-3-12-10-13(16(2)15-12)11-18-8-6-17(5-4-14)7-9-18/h10H,3-9,11H2,1-2H3. The Bertz CT molecular complexity index is 369. The van der Waals surface area contributed by atoms with Crippen LogP contribution in [-0.2, 0) is 20.0 Å². The normalized spacial score (nSPS) is 18.4. The number of aromatic nitrogens is 2. The van der Waals surface area contributed by atoms with Crippen molar-refractivity contribution >= 4 is 11.6 Å². The molecule has 1 aromatic rings. The second kappa shape index (κ2) is 6.55. The first-order valence-corrected chi connectivity index (χ1v) is 7.29. The fourth-order valence-corrected chi connectivity index (χ4v) is 2.65. The minimum atomic E-state index is 0.738. The Kier molecular flexibility index (Phi) is 5.03. The summed E-state index contributed by atoms with van der Waals surface area (Å²) >= 11 is 5.77. The van der Waals surface area contributed by atoms with Gasteiger partial charge in [0, 0.05) is 52.2 Å². The summed E-state index contributed by atoms with van der Waals surface area (Å²) in [5, 5.41) is 4.50. The zero-order valence-corrected chi connectivity index (χ0v) is 12.2. The van der Waals surface area contributed by atoms with E-state index in [2.05, 4.69) is 27.9 Å². The molecule has 1 fully saturated rings. The highest BCUT2D eigenvalue weighted by atomic mass is 35.5. The maximum atomic E-state index is 5.77. The summed E-state index contributed by atoms with van der Waals surface area (Å²) in [4.78, 5) is 4.94. The second-order valence-electron chi connectivity index (χ2n) is 4.91. The highest BCUT2D eigenvalue weighted by molar-refractivity contribution is 6.18. The third kappa shape index (κ3) is 3.46. The van der Waals surface area contributed by atoms with Gasteiger partial charge in [-0.25, -0.2) is 0 Å². The van der Waals surface area contributed by atoms with Crippen molar-refractivity contribution in [2.75, 3.05) is 38.6 Å². The molecule has 2 rings (SSSR count). The molecule has 0 N–H and O–H groups in total. The van der Waals surface area contributed by atoms with Crippen LogP contribution in [0.2, 0.25) is 0 Å². The molecule has 0 radical (unpaired) electrons. The summed E-state index contributed by atoms with van der Waals surface area (Å²) in [7, 11) is 2.04. The van der Waals surface area contributed by atoms with Crippen LogP contribution in [0.4, 0.5) is 0 Å². The molecule has 102 valence electrons. The van der Waals surface area contributed by atoms with Crippen molar-refractivity contribution in [2.45, 2.75) is 19.9 Å². The Labute approximate surface area is 115 Å². The highest BCUT2D eigenvalue weighted by Crippen LogP contribution is 2.10. The average molecular weight is 271 g/mol. The third-order valence-corrected chi connectivity index (χ3v) is 3.81. The SMILES string of the molecule is CCc1cc(CN2CCN(CCCl)CC2)n(C)n1. The lowest BCUT2D eigenvalue weighted by Gasteiger charge is -2.34. The molecule has 1 aliphatic rings. The van der Waals surface area contributed by atoms with E-state index in [-0.39, 0.29) is 0 Å². The predicted molar refractivity (Wildman–Crippen MR) is 75.0 cm³/mol. The topological polar surface area (TPSA) is 24.3 Å². The molecule has 0 amide bonds. The minimum Gasteiger partial charge on any atom is -0.300 e. The summed E-state index contributed by atoms with van der Waals surface area (Å²) in [5.41, 5.74) is 2.51. The van der Waals surface area contributed by atoms with Gasteiger partial charge in [0.2, 0.25) is 0 Å². The molecule has 1 saturated heterocycles. The van der Waals surface area contributed by atoms with Crippen molar-refractivity contribution in [1.29, 1.82) is 0 Å². The number of halogens is 1. The molecule has 5 heteroatoms. The van der Waals surface area contributed by atoms with Gasteiger partial charge in [-0.15, -0.1) is 11.6 Å². The lowest BCUT2D eigenvalue weighted by atomic mass is 10.2. The molecular formula is C13H23ClN4. The molecule has 0 unspecified atom stereocenters. The van der Waals surface area contributed by atoms with Gasteiger partial charge in [-0.3, -0.25) is 14.5 Å². The lowest BCUT2D eigenvalue weighted by Crippen LogP contribution is -2.46. The van der Waals surface area contributed by atoms with Gasteiger partial charge in [-0.05, 0) is 12.5 Å². The number of aryl methyl sites for hydroxylation is 2. The minimum absolute atomic E-state index is 0.738. The van der Waals surface area contributed by atoms with Crippen molar-refractivity contribution in [1.82, 2.24) is 19.6 Å². The van der Waals surface area contributed by atoms with Crippen LogP contribution in [0.3, 0.4) is 0 Å². The number of alkyl halides is 1. The molecule has 0 aromatic carbocycles. The first kappa shape index (κ1) is 13.8. The number of rotatable bonds is 5. The van der Waals surface area contributed by atoms with E-state index < -0.39 is 0 Å². The van der Waals surface area contributed by atoms with E-state index >= 15 is 0 Å². The molecule has 1 aromatic heterocycles. The Morgan fingerprint density at radius 1 is 1.22 bits per heavy atom. The summed E-state index contributed by atoms with van der Waals surface area (Å²) in [6.07, 6.45) is 1.01. The average Bonchev–Trinajstić information content (AvgIpc) is 2.73. The molecule has 1 aliphatic heterocycles. The van der Waals surface area contributed by atoms with Crippen LogP contribution in [0.25, 0.3) is 0 Å². The maximum absolute atomic E-state index is 5.77. The van der Waals surface area contributed by atoms with E-state index in [1.165, 1.54) is 11.4 Å². The van der Waals surface area contributed by atoms with Gasteiger partial charge in [0.1, 0.15) is 0 Å². The Morgan fingerprint density at radius 3 is 2.44 bits per heavy atom. The van der Waals surface area contributed by atoms with Crippen molar-refractivity contribution in [3.8, 4) is 0 Å². The van der Waals surface area contributed by atoms with Gasteiger partial charge < -0.3 is 0 Å². The molecule has 0 atom stereocenters. The van der Waals surface area contributed by atoms with Crippen molar-refractivity contribution < 1.29 is 0 Å². The number of hydrogen-bond donors (Lipinski definition) is 0. The van der Waals surface area contributed by atoms with E-state index in [0.29, 0.717) is 0 Å². The maximum Gasteiger partial charge on any atom is 0.0625 e. The molecule has 0 saturated carbocycles. The van der Waals surface area contributed by atoms with Crippen molar-refractivity contribution in [3.05, 3.63) is 17.5 Å². The molecule has 0 bridgehead atoms. The summed E-state index contributed by atoms with van der Waals surface area (Å²) in [5.74, 6) is 0.738. The van der Waals surface area contributed by atoms with Gasteiger partial charge in [0.05, 0.1) is 11.4 Å².